The van der Waals surface area contributed by atoms with E-state index in [4.69, 9.17) is 28.6 Å². The third-order valence-electron chi connectivity index (χ3n) is 2.70. The van der Waals surface area contributed by atoms with Crippen LogP contribution < -0.4 is 0 Å². The number of fused-ring (bicyclic) bond motifs is 1. The summed E-state index contributed by atoms with van der Waals surface area (Å²) in [5.74, 6) is 0.407. The molecule has 2 rings (SSSR count). The predicted octanol–water partition coefficient (Wildman–Crippen LogP) is 3.63. The molecule has 2 aromatic rings. The molecule has 1 unspecified atom stereocenters. The number of para-hydroxylation sites is 1. The fourth-order valence-electron chi connectivity index (χ4n) is 1.98. The van der Waals surface area contributed by atoms with Gasteiger partial charge >= 0.3 is 0 Å². The van der Waals surface area contributed by atoms with E-state index in [1.165, 1.54) is 0 Å². The lowest BCUT2D eigenvalue weighted by atomic mass is 10.2. The molecule has 92 valence electrons. The third-order valence-corrected chi connectivity index (χ3v) is 3.34. The van der Waals surface area contributed by atoms with Gasteiger partial charge in [0.15, 0.2) is 4.77 Å². The van der Waals surface area contributed by atoms with Crippen LogP contribution in [0.15, 0.2) is 18.2 Å². The highest BCUT2D eigenvalue weighted by molar-refractivity contribution is 7.71. The maximum Gasteiger partial charge on any atom is 0.178 e. The van der Waals surface area contributed by atoms with Gasteiger partial charge in [-0.2, -0.15) is 0 Å². The summed E-state index contributed by atoms with van der Waals surface area (Å²) in [4.78, 5) is 3.15. The molecule has 0 aliphatic carbocycles. The number of H-pyrrole nitrogens is 1. The zero-order valence-corrected chi connectivity index (χ0v) is 11.4. The van der Waals surface area contributed by atoms with Crippen molar-refractivity contribution >= 4 is 34.9 Å². The summed E-state index contributed by atoms with van der Waals surface area (Å²) in [6.45, 7) is 3.68. The molecule has 3 nitrogen and oxygen atoms in total. The lowest BCUT2D eigenvalue weighted by molar-refractivity contribution is 0.152. The quantitative estimate of drug-likeness (QED) is 0.860. The van der Waals surface area contributed by atoms with Gasteiger partial charge in [0.2, 0.25) is 0 Å². The van der Waals surface area contributed by atoms with Gasteiger partial charge in [-0.25, -0.2) is 0 Å². The Bertz CT molecular complexity index is 575. The summed E-state index contributed by atoms with van der Waals surface area (Å²) < 4.78 is 7.92. The van der Waals surface area contributed by atoms with E-state index in [0.717, 1.165) is 24.2 Å². The van der Waals surface area contributed by atoms with Crippen LogP contribution in [0.5, 0.6) is 0 Å². The monoisotopic (exact) mass is 270 g/mol. The van der Waals surface area contributed by atoms with Gasteiger partial charge in [0.05, 0.1) is 22.7 Å². The highest BCUT2D eigenvalue weighted by atomic mass is 35.5. The van der Waals surface area contributed by atoms with Gasteiger partial charge in [0.1, 0.15) is 0 Å². The summed E-state index contributed by atoms with van der Waals surface area (Å²) in [7, 11) is 1.71. The van der Waals surface area contributed by atoms with Gasteiger partial charge in [-0.3, -0.25) is 0 Å². The minimum absolute atomic E-state index is 0.407. The lowest BCUT2D eigenvalue weighted by Crippen LogP contribution is -2.12. The van der Waals surface area contributed by atoms with Gasteiger partial charge in [0, 0.05) is 13.7 Å². The first kappa shape index (κ1) is 12.6. The molecule has 1 aromatic heterocycles. The smallest absolute Gasteiger partial charge is 0.178 e. The topological polar surface area (TPSA) is 29.9 Å². The van der Waals surface area contributed by atoms with Crippen molar-refractivity contribution in [3.05, 3.63) is 28.0 Å². The summed E-state index contributed by atoms with van der Waals surface area (Å²) >= 11 is 11.4. The molecule has 0 amide bonds. The van der Waals surface area contributed by atoms with Crippen LogP contribution in [0, 0.1) is 10.7 Å². The Balaban J connectivity index is 2.43. The number of hydrogen-bond donors (Lipinski definition) is 1. The summed E-state index contributed by atoms with van der Waals surface area (Å²) in [5, 5.41) is 0.701. The van der Waals surface area contributed by atoms with E-state index < -0.39 is 0 Å². The second kappa shape index (κ2) is 5.21. The van der Waals surface area contributed by atoms with Crippen molar-refractivity contribution < 1.29 is 4.74 Å². The van der Waals surface area contributed by atoms with Crippen molar-refractivity contribution in [2.75, 3.05) is 13.7 Å². The van der Waals surface area contributed by atoms with Crippen molar-refractivity contribution in [1.82, 2.24) is 9.55 Å². The summed E-state index contributed by atoms with van der Waals surface area (Å²) in [5.41, 5.74) is 1.95. The Hall–Kier alpha value is -0.840. The number of ether oxygens (including phenoxy) is 1. The largest absolute Gasteiger partial charge is 0.384 e. The first-order valence-corrected chi connectivity index (χ1v) is 6.28. The van der Waals surface area contributed by atoms with Crippen molar-refractivity contribution in [1.29, 1.82) is 0 Å². The number of benzene rings is 1. The van der Waals surface area contributed by atoms with Gasteiger partial charge < -0.3 is 14.3 Å². The molecule has 1 atom stereocenters. The van der Waals surface area contributed by atoms with Crippen LogP contribution in [-0.2, 0) is 11.3 Å². The van der Waals surface area contributed by atoms with E-state index in [0.29, 0.717) is 15.7 Å². The molecule has 17 heavy (non-hydrogen) atoms. The van der Waals surface area contributed by atoms with Gasteiger partial charge in [-0.05, 0) is 30.3 Å². The molecule has 0 bridgehead atoms. The Morgan fingerprint density at radius 3 is 3.00 bits per heavy atom. The first-order valence-electron chi connectivity index (χ1n) is 5.49. The number of rotatable bonds is 4. The van der Waals surface area contributed by atoms with E-state index in [1.54, 1.807) is 7.11 Å². The first-order chi connectivity index (χ1) is 8.13. The molecule has 1 heterocycles. The van der Waals surface area contributed by atoms with E-state index in [-0.39, 0.29) is 0 Å². The molecule has 0 spiro atoms. The number of nitrogens with zero attached hydrogens (tertiary/aromatic N) is 1. The average molecular weight is 271 g/mol. The van der Waals surface area contributed by atoms with E-state index in [2.05, 4.69) is 16.5 Å². The number of methoxy groups -OCH3 is 1. The van der Waals surface area contributed by atoms with Gasteiger partial charge in [-0.1, -0.05) is 24.6 Å². The molecular formula is C12H15ClN2OS. The Labute approximate surface area is 110 Å². The van der Waals surface area contributed by atoms with Crippen LogP contribution in [0.3, 0.4) is 0 Å². The van der Waals surface area contributed by atoms with Gasteiger partial charge in [-0.15, -0.1) is 0 Å². The molecular weight excluding hydrogens is 256 g/mol. The molecule has 0 fully saturated rings. The normalized spacial score (nSPS) is 13.1. The number of nitrogens with one attached hydrogen (secondary N) is 1. The van der Waals surface area contributed by atoms with Crippen LogP contribution in [0.2, 0.25) is 5.02 Å². The summed E-state index contributed by atoms with van der Waals surface area (Å²) in [6, 6.07) is 5.82. The minimum Gasteiger partial charge on any atom is -0.384 e. The van der Waals surface area contributed by atoms with Crippen LogP contribution in [0.25, 0.3) is 11.0 Å². The zero-order valence-electron chi connectivity index (χ0n) is 9.87. The zero-order chi connectivity index (χ0) is 12.4. The van der Waals surface area contributed by atoms with E-state index in [9.17, 15) is 0 Å². The standard InChI is InChI=1S/C12H15ClN2OS/c1-8(7-16-2)6-15-10-5-3-4-9(13)11(10)14-12(15)17/h3-5,8H,6-7H2,1-2H3,(H,14,17). The van der Waals surface area contributed by atoms with Crippen molar-refractivity contribution in [3.8, 4) is 0 Å². The Morgan fingerprint density at radius 1 is 1.53 bits per heavy atom. The molecule has 1 N–H and O–H groups in total. The lowest BCUT2D eigenvalue weighted by Gasteiger charge is -2.11. The maximum absolute atomic E-state index is 6.12. The second-order valence-electron chi connectivity index (χ2n) is 4.24. The van der Waals surface area contributed by atoms with Crippen LogP contribution >= 0.6 is 23.8 Å². The van der Waals surface area contributed by atoms with Crippen LogP contribution in [0.1, 0.15) is 6.92 Å². The maximum atomic E-state index is 6.12. The molecule has 0 radical (unpaired) electrons. The molecule has 5 heteroatoms. The van der Waals surface area contributed by atoms with Crippen molar-refractivity contribution in [3.63, 3.8) is 0 Å². The third kappa shape index (κ3) is 2.54. The highest BCUT2D eigenvalue weighted by Gasteiger charge is 2.10. The minimum atomic E-state index is 0.407. The molecule has 0 saturated carbocycles. The molecule has 0 aliphatic heterocycles. The summed E-state index contributed by atoms with van der Waals surface area (Å²) in [6.07, 6.45) is 0. The molecule has 1 aromatic carbocycles. The van der Waals surface area contributed by atoms with Crippen LogP contribution in [0.4, 0.5) is 0 Å². The second-order valence-corrected chi connectivity index (χ2v) is 5.03. The fraction of sp³-hybridized carbons (Fsp3) is 0.417. The van der Waals surface area contributed by atoms with E-state index >= 15 is 0 Å². The average Bonchev–Trinajstić information content (AvgIpc) is 2.58. The highest BCUT2D eigenvalue weighted by Crippen LogP contribution is 2.23. The van der Waals surface area contributed by atoms with Gasteiger partial charge in [0.25, 0.3) is 0 Å². The SMILES string of the molecule is COCC(C)Cn1c(=S)[nH]c2c(Cl)cccc21. The predicted molar refractivity (Wildman–Crippen MR) is 73.2 cm³/mol. The Kier molecular flexibility index (Phi) is 3.86. The number of hydrogen-bond acceptors (Lipinski definition) is 2. The fourth-order valence-corrected chi connectivity index (χ4v) is 2.47. The van der Waals surface area contributed by atoms with Crippen molar-refractivity contribution in [2.45, 2.75) is 13.5 Å². The molecule has 0 aliphatic rings. The number of imidazole rings is 1. The van der Waals surface area contributed by atoms with Crippen LogP contribution in [-0.4, -0.2) is 23.3 Å². The van der Waals surface area contributed by atoms with Crippen molar-refractivity contribution in [2.24, 2.45) is 5.92 Å². The van der Waals surface area contributed by atoms with E-state index in [1.807, 2.05) is 18.2 Å². The number of aromatic nitrogens is 2. The number of halogens is 1. The number of aromatic amines is 1. The molecule has 0 saturated heterocycles. The Morgan fingerprint density at radius 2 is 2.29 bits per heavy atom.